The van der Waals surface area contributed by atoms with E-state index in [0.29, 0.717) is 30.5 Å². The number of amides is 1. The molecule has 4 nitrogen and oxygen atoms in total. The van der Waals surface area contributed by atoms with Crippen LogP contribution in [0.3, 0.4) is 0 Å². The van der Waals surface area contributed by atoms with E-state index in [1.165, 1.54) is 0 Å². The molecule has 0 aliphatic heterocycles. The molecule has 21 heavy (non-hydrogen) atoms. The van der Waals surface area contributed by atoms with E-state index in [4.69, 9.17) is 20.8 Å². The lowest BCUT2D eigenvalue weighted by atomic mass is 10.2. The zero-order chi connectivity index (χ0) is 15.1. The van der Waals surface area contributed by atoms with Gasteiger partial charge in [0, 0.05) is 25.3 Å². The van der Waals surface area contributed by atoms with Crippen LogP contribution in [0.25, 0.3) is 11.3 Å². The number of ether oxygens (including phenoxy) is 1. The molecule has 5 heteroatoms. The summed E-state index contributed by atoms with van der Waals surface area (Å²) in [5.74, 6) is 0.631. The highest BCUT2D eigenvalue weighted by atomic mass is 35.5. The summed E-state index contributed by atoms with van der Waals surface area (Å²) in [5, 5.41) is 3.38. The average Bonchev–Trinajstić information content (AvgIpc) is 2.97. The van der Waals surface area contributed by atoms with Crippen molar-refractivity contribution in [1.82, 2.24) is 5.32 Å². The molecular formula is C16H18ClNO3. The summed E-state index contributed by atoms with van der Waals surface area (Å²) in [4.78, 5) is 11.9. The fourth-order valence-electron chi connectivity index (χ4n) is 1.87. The average molecular weight is 308 g/mol. The normalized spacial score (nSPS) is 10.6. The lowest BCUT2D eigenvalue weighted by Crippen LogP contribution is -2.24. The summed E-state index contributed by atoms with van der Waals surface area (Å²) in [6, 6.07) is 10.8. The van der Waals surface area contributed by atoms with Crippen molar-refractivity contribution >= 4 is 17.5 Å². The number of carbonyl (C=O) groups is 1. The number of halogens is 1. The number of hydrogen-bond donors (Lipinski definition) is 1. The van der Waals surface area contributed by atoms with Crippen LogP contribution in [0.2, 0.25) is 5.02 Å². The smallest absolute Gasteiger partial charge is 0.287 e. The Balaban J connectivity index is 1.94. The van der Waals surface area contributed by atoms with Gasteiger partial charge in [0.15, 0.2) is 5.76 Å². The van der Waals surface area contributed by atoms with E-state index in [9.17, 15) is 4.79 Å². The summed E-state index contributed by atoms with van der Waals surface area (Å²) in [5.41, 5.74) is 0.773. The van der Waals surface area contributed by atoms with E-state index in [-0.39, 0.29) is 11.7 Å². The molecule has 0 spiro atoms. The lowest BCUT2D eigenvalue weighted by Gasteiger charge is -2.03. The van der Waals surface area contributed by atoms with Gasteiger partial charge in [-0.15, -0.1) is 0 Å². The molecule has 112 valence electrons. The van der Waals surface area contributed by atoms with Crippen molar-refractivity contribution in [2.75, 3.05) is 19.8 Å². The van der Waals surface area contributed by atoms with Crippen molar-refractivity contribution < 1.29 is 13.9 Å². The van der Waals surface area contributed by atoms with Gasteiger partial charge in [-0.05, 0) is 37.6 Å². The maximum Gasteiger partial charge on any atom is 0.287 e. The van der Waals surface area contributed by atoms with Gasteiger partial charge in [-0.25, -0.2) is 0 Å². The molecule has 2 aromatic rings. The van der Waals surface area contributed by atoms with Crippen LogP contribution < -0.4 is 5.32 Å². The minimum atomic E-state index is -0.232. The summed E-state index contributed by atoms with van der Waals surface area (Å²) in [6.45, 7) is 3.83. The second kappa shape index (κ2) is 7.86. The summed E-state index contributed by atoms with van der Waals surface area (Å²) in [7, 11) is 0. The number of hydrogen-bond acceptors (Lipinski definition) is 3. The first-order valence-electron chi connectivity index (χ1n) is 6.93. The van der Waals surface area contributed by atoms with Gasteiger partial charge in [0.05, 0.1) is 5.02 Å². The van der Waals surface area contributed by atoms with Crippen molar-refractivity contribution in [2.24, 2.45) is 0 Å². The Labute approximate surface area is 129 Å². The second-order valence-corrected chi connectivity index (χ2v) is 4.86. The van der Waals surface area contributed by atoms with Crippen LogP contribution in [0.4, 0.5) is 0 Å². The van der Waals surface area contributed by atoms with E-state index in [2.05, 4.69) is 5.32 Å². The first-order chi connectivity index (χ1) is 10.2. The van der Waals surface area contributed by atoms with Crippen LogP contribution in [-0.4, -0.2) is 25.7 Å². The Morgan fingerprint density at radius 2 is 2.10 bits per heavy atom. The van der Waals surface area contributed by atoms with Gasteiger partial charge < -0.3 is 14.5 Å². The number of rotatable bonds is 7. The summed E-state index contributed by atoms with van der Waals surface area (Å²) < 4.78 is 10.8. The molecule has 0 saturated heterocycles. The van der Waals surface area contributed by atoms with Gasteiger partial charge >= 0.3 is 0 Å². The molecule has 0 bridgehead atoms. The maximum atomic E-state index is 11.9. The van der Waals surface area contributed by atoms with Crippen LogP contribution in [0.1, 0.15) is 23.9 Å². The molecule has 0 saturated carbocycles. The zero-order valence-corrected chi connectivity index (χ0v) is 12.7. The molecule has 0 aliphatic carbocycles. The molecule has 2 rings (SSSR count). The second-order valence-electron chi connectivity index (χ2n) is 4.45. The van der Waals surface area contributed by atoms with Crippen molar-refractivity contribution in [3.63, 3.8) is 0 Å². The van der Waals surface area contributed by atoms with Gasteiger partial charge in [0.1, 0.15) is 5.76 Å². The SMILES string of the molecule is CCOCCCNC(=O)c1ccc(-c2ccccc2Cl)o1. The maximum absolute atomic E-state index is 11.9. The molecule has 0 unspecified atom stereocenters. The van der Waals surface area contributed by atoms with E-state index in [1.54, 1.807) is 18.2 Å². The van der Waals surface area contributed by atoms with Gasteiger partial charge in [0.25, 0.3) is 5.91 Å². The predicted molar refractivity (Wildman–Crippen MR) is 82.6 cm³/mol. The molecule has 1 N–H and O–H groups in total. The zero-order valence-electron chi connectivity index (χ0n) is 11.9. The quantitative estimate of drug-likeness (QED) is 0.792. The van der Waals surface area contributed by atoms with E-state index < -0.39 is 0 Å². The summed E-state index contributed by atoms with van der Waals surface area (Å²) >= 11 is 6.11. The standard InChI is InChI=1S/C16H18ClNO3/c1-2-20-11-5-10-18-16(19)15-9-8-14(21-15)12-6-3-4-7-13(12)17/h3-4,6-9H,2,5,10-11H2,1H3,(H,18,19). The number of furan rings is 1. The molecule has 1 aromatic heterocycles. The lowest BCUT2D eigenvalue weighted by molar-refractivity contribution is 0.0917. The van der Waals surface area contributed by atoms with Crippen molar-refractivity contribution in [1.29, 1.82) is 0 Å². The Bertz CT molecular complexity index is 595. The third-order valence-corrected chi connectivity index (χ3v) is 3.25. The van der Waals surface area contributed by atoms with Crippen LogP contribution in [0, 0.1) is 0 Å². The minimum absolute atomic E-state index is 0.232. The van der Waals surface area contributed by atoms with E-state index in [0.717, 1.165) is 12.0 Å². The van der Waals surface area contributed by atoms with Crippen molar-refractivity contribution in [3.05, 3.63) is 47.2 Å². The van der Waals surface area contributed by atoms with Gasteiger partial charge in [-0.3, -0.25) is 4.79 Å². The minimum Gasteiger partial charge on any atom is -0.451 e. The number of benzene rings is 1. The highest BCUT2D eigenvalue weighted by Gasteiger charge is 2.13. The van der Waals surface area contributed by atoms with Crippen LogP contribution in [-0.2, 0) is 4.74 Å². The third-order valence-electron chi connectivity index (χ3n) is 2.92. The largest absolute Gasteiger partial charge is 0.451 e. The molecule has 1 amide bonds. The Morgan fingerprint density at radius 3 is 2.86 bits per heavy atom. The molecule has 0 radical (unpaired) electrons. The Hall–Kier alpha value is -1.78. The van der Waals surface area contributed by atoms with Crippen LogP contribution in [0.15, 0.2) is 40.8 Å². The molecular weight excluding hydrogens is 290 g/mol. The predicted octanol–water partition coefficient (Wildman–Crippen LogP) is 3.76. The molecule has 0 fully saturated rings. The summed E-state index contributed by atoms with van der Waals surface area (Å²) in [6.07, 6.45) is 0.775. The Morgan fingerprint density at radius 1 is 1.29 bits per heavy atom. The topological polar surface area (TPSA) is 51.5 Å². The van der Waals surface area contributed by atoms with E-state index >= 15 is 0 Å². The first-order valence-corrected chi connectivity index (χ1v) is 7.31. The highest BCUT2D eigenvalue weighted by molar-refractivity contribution is 6.33. The van der Waals surface area contributed by atoms with Gasteiger partial charge in [-0.2, -0.15) is 0 Å². The number of carbonyl (C=O) groups excluding carboxylic acids is 1. The van der Waals surface area contributed by atoms with Crippen molar-refractivity contribution in [2.45, 2.75) is 13.3 Å². The van der Waals surface area contributed by atoms with Crippen LogP contribution >= 0.6 is 11.6 Å². The molecule has 1 aromatic carbocycles. The number of nitrogens with one attached hydrogen (secondary N) is 1. The van der Waals surface area contributed by atoms with Gasteiger partial charge in [-0.1, -0.05) is 23.7 Å². The highest BCUT2D eigenvalue weighted by Crippen LogP contribution is 2.28. The third kappa shape index (κ3) is 4.34. The molecule has 0 atom stereocenters. The monoisotopic (exact) mass is 307 g/mol. The molecule has 0 aliphatic rings. The van der Waals surface area contributed by atoms with Gasteiger partial charge in [0.2, 0.25) is 0 Å². The fourth-order valence-corrected chi connectivity index (χ4v) is 2.10. The van der Waals surface area contributed by atoms with E-state index in [1.807, 2.05) is 25.1 Å². The fraction of sp³-hybridized carbons (Fsp3) is 0.312. The Kier molecular flexibility index (Phi) is 5.84. The van der Waals surface area contributed by atoms with Crippen molar-refractivity contribution in [3.8, 4) is 11.3 Å². The first kappa shape index (κ1) is 15.6. The van der Waals surface area contributed by atoms with Crippen LogP contribution in [0.5, 0.6) is 0 Å². The molecule has 1 heterocycles.